The third-order valence-corrected chi connectivity index (χ3v) is 1.92. The molecule has 0 amide bonds. The minimum atomic E-state index is -1.25. The van der Waals surface area contributed by atoms with E-state index in [-0.39, 0.29) is 18.4 Å². The number of carbonyl (C=O) groups is 1. The van der Waals surface area contributed by atoms with Gasteiger partial charge in [0.1, 0.15) is 0 Å². The first kappa shape index (κ1) is 13.1. The number of carboxylic acid groups (broad SMARTS) is 1. The quantitative estimate of drug-likeness (QED) is 0.593. The predicted octanol–water partition coefficient (Wildman–Crippen LogP) is -0.405. The normalized spacial score (nSPS) is 14.6. The molecule has 0 aliphatic rings. The molecule has 0 saturated heterocycles. The minimum Gasteiger partial charge on any atom is -0.545 e. The Bertz CT molecular complexity index is 216. The van der Waals surface area contributed by atoms with Crippen molar-refractivity contribution in [2.24, 2.45) is 0 Å². The van der Waals surface area contributed by atoms with Crippen molar-refractivity contribution in [3.05, 3.63) is 11.1 Å². The number of rotatable bonds is 5. The van der Waals surface area contributed by atoms with Crippen molar-refractivity contribution in [1.29, 1.82) is 0 Å². The summed E-state index contributed by atoms with van der Waals surface area (Å²) >= 11 is 0. The van der Waals surface area contributed by atoms with Crippen LogP contribution >= 0.6 is 0 Å². The van der Waals surface area contributed by atoms with Gasteiger partial charge >= 0.3 is 0 Å². The molecule has 0 aliphatic heterocycles. The molecule has 0 spiro atoms. The molecule has 2 N–H and O–H groups in total. The Morgan fingerprint density at radius 1 is 1.21 bits per heavy atom. The van der Waals surface area contributed by atoms with E-state index in [0.717, 1.165) is 0 Å². The molecule has 0 aliphatic carbocycles. The fourth-order valence-electron chi connectivity index (χ4n) is 1.25. The Morgan fingerprint density at radius 3 is 1.79 bits per heavy atom. The zero-order valence-electron chi connectivity index (χ0n) is 8.78. The summed E-state index contributed by atoms with van der Waals surface area (Å²) in [6.07, 6.45) is -0.716. The molecular formula is C10H17O4-. The van der Waals surface area contributed by atoms with Crippen LogP contribution in [0.1, 0.15) is 33.6 Å². The van der Waals surface area contributed by atoms with Gasteiger partial charge in [0, 0.05) is 0 Å². The highest BCUT2D eigenvalue weighted by Gasteiger charge is 2.10. The third kappa shape index (κ3) is 4.99. The van der Waals surface area contributed by atoms with Crippen LogP contribution in [0.5, 0.6) is 0 Å². The molecule has 2 atom stereocenters. The number of aliphatic hydroxyl groups is 2. The van der Waals surface area contributed by atoms with Crippen LogP contribution in [-0.4, -0.2) is 28.4 Å². The van der Waals surface area contributed by atoms with Crippen LogP contribution in [0.2, 0.25) is 0 Å². The van der Waals surface area contributed by atoms with Gasteiger partial charge in [0.15, 0.2) is 0 Å². The van der Waals surface area contributed by atoms with Crippen molar-refractivity contribution in [3.63, 3.8) is 0 Å². The van der Waals surface area contributed by atoms with E-state index in [2.05, 4.69) is 0 Å². The van der Waals surface area contributed by atoms with Crippen LogP contribution in [-0.2, 0) is 4.79 Å². The maximum Gasteiger partial charge on any atom is 0.0671 e. The third-order valence-electron chi connectivity index (χ3n) is 1.92. The standard InChI is InChI=1S/C10H18O4/c1-6(11)4-9(5-7(2)12)8(3)10(13)14/h6-7,11-12H,4-5H2,1-3H3,(H,13,14)/p-1. The van der Waals surface area contributed by atoms with E-state index in [1.54, 1.807) is 13.8 Å². The van der Waals surface area contributed by atoms with Crippen LogP contribution in [0.15, 0.2) is 11.1 Å². The Balaban J connectivity index is 4.70. The Morgan fingerprint density at radius 2 is 1.57 bits per heavy atom. The Kier molecular flexibility index (Phi) is 5.42. The molecular weight excluding hydrogens is 184 g/mol. The Hall–Kier alpha value is -0.870. The van der Waals surface area contributed by atoms with Crippen molar-refractivity contribution in [2.45, 2.75) is 45.8 Å². The van der Waals surface area contributed by atoms with E-state index in [0.29, 0.717) is 5.57 Å². The van der Waals surface area contributed by atoms with Crippen molar-refractivity contribution in [1.82, 2.24) is 0 Å². The molecule has 0 aromatic heterocycles. The highest BCUT2D eigenvalue weighted by Crippen LogP contribution is 2.17. The lowest BCUT2D eigenvalue weighted by molar-refractivity contribution is -0.299. The second kappa shape index (κ2) is 5.78. The van der Waals surface area contributed by atoms with Crippen LogP contribution in [0.3, 0.4) is 0 Å². The predicted molar refractivity (Wildman–Crippen MR) is 50.3 cm³/mol. The highest BCUT2D eigenvalue weighted by molar-refractivity contribution is 5.84. The zero-order valence-corrected chi connectivity index (χ0v) is 8.78. The molecule has 0 aromatic carbocycles. The van der Waals surface area contributed by atoms with Crippen LogP contribution in [0.25, 0.3) is 0 Å². The number of hydrogen-bond acceptors (Lipinski definition) is 4. The summed E-state index contributed by atoms with van der Waals surface area (Å²) in [6.45, 7) is 4.57. The van der Waals surface area contributed by atoms with Crippen molar-refractivity contribution in [3.8, 4) is 0 Å². The summed E-state index contributed by atoms with van der Waals surface area (Å²) in [4.78, 5) is 10.6. The molecule has 0 radical (unpaired) electrons. The second-order valence-electron chi connectivity index (χ2n) is 3.62. The monoisotopic (exact) mass is 201 g/mol. The summed E-state index contributed by atoms with van der Waals surface area (Å²) in [6, 6.07) is 0. The minimum absolute atomic E-state index is 0.104. The maximum absolute atomic E-state index is 10.6. The second-order valence-corrected chi connectivity index (χ2v) is 3.62. The smallest absolute Gasteiger partial charge is 0.0671 e. The lowest BCUT2D eigenvalue weighted by atomic mass is 9.98. The first-order valence-corrected chi connectivity index (χ1v) is 4.60. The van der Waals surface area contributed by atoms with Crippen molar-refractivity contribution in [2.75, 3.05) is 0 Å². The fourth-order valence-corrected chi connectivity index (χ4v) is 1.25. The summed E-state index contributed by atoms with van der Waals surface area (Å²) in [5.41, 5.74) is 0.641. The first-order chi connectivity index (χ1) is 6.34. The molecule has 2 unspecified atom stereocenters. The fraction of sp³-hybridized carbons (Fsp3) is 0.700. The average molecular weight is 201 g/mol. The van der Waals surface area contributed by atoms with Gasteiger partial charge in [-0.2, -0.15) is 0 Å². The van der Waals surface area contributed by atoms with Gasteiger partial charge < -0.3 is 20.1 Å². The van der Waals surface area contributed by atoms with Gasteiger partial charge in [0.2, 0.25) is 0 Å². The lowest BCUT2D eigenvalue weighted by Gasteiger charge is -2.16. The summed E-state index contributed by atoms with van der Waals surface area (Å²) in [5, 5.41) is 28.8. The number of carbonyl (C=O) groups excluding carboxylic acids is 1. The van der Waals surface area contributed by atoms with Gasteiger partial charge in [0.25, 0.3) is 0 Å². The molecule has 0 saturated carbocycles. The van der Waals surface area contributed by atoms with Gasteiger partial charge in [-0.15, -0.1) is 0 Å². The van der Waals surface area contributed by atoms with Crippen molar-refractivity contribution < 1.29 is 20.1 Å². The molecule has 0 fully saturated rings. The van der Waals surface area contributed by atoms with Crippen molar-refractivity contribution >= 4 is 5.97 Å². The zero-order chi connectivity index (χ0) is 11.3. The van der Waals surface area contributed by atoms with Gasteiger partial charge in [-0.25, -0.2) is 0 Å². The summed E-state index contributed by atoms with van der Waals surface area (Å²) in [7, 11) is 0. The highest BCUT2D eigenvalue weighted by atomic mass is 16.4. The van der Waals surface area contributed by atoms with E-state index in [9.17, 15) is 9.90 Å². The van der Waals surface area contributed by atoms with E-state index in [4.69, 9.17) is 10.2 Å². The van der Waals surface area contributed by atoms with Crippen LogP contribution in [0.4, 0.5) is 0 Å². The topological polar surface area (TPSA) is 80.6 Å². The molecule has 14 heavy (non-hydrogen) atoms. The van der Waals surface area contributed by atoms with Gasteiger partial charge in [-0.1, -0.05) is 5.57 Å². The summed E-state index contributed by atoms with van der Waals surface area (Å²) < 4.78 is 0. The molecule has 0 rings (SSSR count). The SMILES string of the molecule is CC(C(=O)[O-])=C(CC(C)O)CC(C)O. The molecule has 4 nitrogen and oxygen atoms in total. The van der Waals surface area contributed by atoms with E-state index < -0.39 is 18.2 Å². The summed E-state index contributed by atoms with van der Waals surface area (Å²) in [5.74, 6) is -1.25. The van der Waals surface area contributed by atoms with Crippen LogP contribution < -0.4 is 5.11 Å². The average Bonchev–Trinajstić information content (AvgIpc) is 1.99. The van der Waals surface area contributed by atoms with Gasteiger partial charge in [-0.3, -0.25) is 0 Å². The lowest BCUT2D eigenvalue weighted by Crippen LogP contribution is -2.25. The number of aliphatic carboxylic acids is 1. The number of aliphatic hydroxyl groups excluding tert-OH is 2. The van der Waals surface area contributed by atoms with Crippen LogP contribution in [0, 0.1) is 0 Å². The molecule has 0 heterocycles. The molecule has 0 aromatic rings. The van der Waals surface area contributed by atoms with E-state index in [1.165, 1.54) is 6.92 Å². The Labute approximate surface area is 83.9 Å². The van der Waals surface area contributed by atoms with Gasteiger partial charge in [0.05, 0.1) is 18.2 Å². The van der Waals surface area contributed by atoms with E-state index >= 15 is 0 Å². The molecule has 82 valence electrons. The van der Waals surface area contributed by atoms with Gasteiger partial charge in [-0.05, 0) is 39.2 Å². The molecule has 4 heteroatoms. The maximum atomic E-state index is 10.6. The largest absolute Gasteiger partial charge is 0.545 e. The first-order valence-electron chi connectivity index (χ1n) is 4.60. The number of carboxylic acids is 1. The molecule has 0 bridgehead atoms. The number of hydrogen-bond donors (Lipinski definition) is 2. The van der Waals surface area contributed by atoms with E-state index in [1.807, 2.05) is 0 Å².